The van der Waals surface area contributed by atoms with E-state index in [0.29, 0.717) is 16.8 Å². The van der Waals surface area contributed by atoms with Crippen LogP contribution in [0.5, 0.6) is 0 Å². The highest BCUT2D eigenvalue weighted by Crippen LogP contribution is 2.32. The van der Waals surface area contributed by atoms with Crippen LogP contribution in [0.2, 0.25) is 0 Å². The highest BCUT2D eigenvalue weighted by Gasteiger charge is 2.52. The van der Waals surface area contributed by atoms with Gasteiger partial charge in [-0.3, -0.25) is 19.1 Å². The number of anilines is 1. The number of aryl methyl sites for hydroxylation is 1. The number of imide groups is 1. The monoisotopic (exact) mass is 344 g/mol. The number of oxazole rings is 1. The quantitative estimate of drug-likeness (QED) is 0.745. The molecule has 0 unspecified atom stereocenters. The van der Waals surface area contributed by atoms with E-state index in [4.69, 9.17) is 4.42 Å². The summed E-state index contributed by atoms with van der Waals surface area (Å²) in [5.41, 5.74) is 1.46. The summed E-state index contributed by atoms with van der Waals surface area (Å²) in [7, 11) is 3.07. The molecule has 1 aromatic carbocycles. The van der Waals surface area contributed by atoms with E-state index in [9.17, 15) is 19.2 Å². The third kappa shape index (κ3) is 2.23. The van der Waals surface area contributed by atoms with Crippen molar-refractivity contribution >= 4 is 34.6 Å². The Bertz CT molecular complexity index is 951. The summed E-state index contributed by atoms with van der Waals surface area (Å²) < 4.78 is 6.47. The van der Waals surface area contributed by atoms with Gasteiger partial charge in [-0.25, -0.2) is 9.59 Å². The molecule has 2 fully saturated rings. The van der Waals surface area contributed by atoms with Crippen molar-refractivity contribution in [3.8, 4) is 0 Å². The number of rotatable bonds is 1. The van der Waals surface area contributed by atoms with Crippen LogP contribution in [0.15, 0.2) is 27.4 Å². The number of benzene rings is 1. The summed E-state index contributed by atoms with van der Waals surface area (Å²) in [6.45, 7) is 0.433. The van der Waals surface area contributed by atoms with Gasteiger partial charge in [0.15, 0.2) is 5.58 Å². The normalized spacial score (nSPS) is 22.8. The standard InChI is InChI=1S/C16H16N4O5/c1-18-11-4-3-8(5-12(11)25-16(18)24)17-15(23)20-6-9-10(7-20)14(22)19(2)13(9)21/h3-5,9-10H,6-7H2,1-2H3,(H,17,23)/t9-,10+. The van der Waals surface area contributed by atoms with Crippen molar-refractivity contribution in [3.63, 3.8) is 0 Å². The number of nitrogens with zero attached hydrogens (tertiary/aromatic N) is 3. The Labute approximate surface area is 141 Å². The molecule has 2 aliphatic heterocycles. The Morgan fingerprint density at radius 1 is 1.12 bits per heavy atom. The third-order valence-corrected chi connectivity index (χ3v) is 4.95. The molecule has 2 saturated heterocycles. The maximum absolute atomic E-state index is 12.4. The van der Waals surface area contributed by atoms with Crippen molar-refractivity contribution in [2.24, 2.45) is 18.9 Å². The van der Waals surface area contributed by atoms with E-state index in [1.807, 2.05) is 0 Å². The van der Waals surface area contributed by atoms with E-state index in [0.717, 1.165) is 4.90 Å². The molecule has 9 nitrogen and oxygen atoms in total. The van der Waals surface area contributed by atoms with E-state index < -0.39 is 23.6 Å². The average molecular weight is 344 g/mol. The summed E-state index contributed by atoms with van der Waals surface area (Å²) in [6.07, 6.45) is 0. The van der Waals surface area contributed by atoms with Gasteiger partial charge in [-0.1, -0.05) is 0 Å². The fraction of sp³-hybridized carbons (Fsp3) is 0.375. The molecule has 2 aromatic rings. The fourth-order valence-corrected chi connectivity index (χ4v) is 3.49. The second-order valence-corrected chi connectivity index (χ2v) is 6.39. The first kappa shape index (κ1) is 15.4. The molecule has 1 N–H and O–H groups in total. The van der Waals surface area contributed by atoms with Crippen LogP contribution in [0.25, 0.3) is 11.1 Å². The first-order valence-corrected chi connectivity index (χ1v) is 7.83. The van der Waals surface area contributed by atoms with Gasteiger partial charge in [-0.05, 0) is 12.1 Å². The lowest BCUT2D eigenvalue weighted by Gasteiger charge is -2.19. The van der Waals surface area contributed by atoms with Gasteiger partial charge in [0, 0.05) is 38.9 Å². The zero-order valence-corrected chi connectivity index (χ0v) is 13.7. The Morgan fingerprint density at radius 3 is 2.40 bits per heavy atom. The van der Waals surface area contributed by atoms with Crippen LogP contribution in [0.3, 0.4) is 0 Å². The highest BCUT2D eigenvalue weighted by molar-refractivity contribution is 6.06. The molecular weight excluding hydrogens is 328 g/mol. The lowest BCUT2D eigenvalue weighted by Crippen LogP contribution is -2.38. The molecule has 0 spiro atoms. The molecule has 4 amide bonds. The second-order valence-electron chi connectivity index (χ2n) is 6.39. The molecule has 1 aromatic heterocycles. The largest absolute Gasteiger partial charge is 0.419 e. The molecule has 4 rings (SSSR count). The molecule has 3 heterocycles. The molecular formula is C16H16N4O5. The van der Waals surface area contributed by atoms with E-state index >= 15 is 0 Å². The molecule has 130 valence electrons. The number of aromatic nitrogens is 1. The molecule has 9 heteroatoms. The predicted octanol–water partition coefficient (Wildman–Crippen LogP) is 0.210. The van der Waals surface area contributed by atoms with Crippen molar-refractivity contribution in [1.82, 2.24) is 14.4 Å². The summed E-state index contributed by atoms with van der Waals surface area (Å²) in [4.78, 5) is 50.6. The second kappa shape index (κ2) is 5.20. The topological polar surface area (TPSA) is 105 Å². The van der Waals surface area contributed by atoms with Crippen molar-refractivity contribution in [3.05, 3.63) is 28.7 Å². The third-order valence-electron chi connectivity index (χ3n) is 4.95. The van der Waals surface area contributed by atoms with Gasteiger partial charge in [0.25, 0.3) is 0 Å². The van der Waals surface area contributed by atoms with Gasteiger partial charge >= 0.3 is 11.8 Å². The van der Waals surface area contributed by atoms with Crippen LogP contribution < -0.4 is 11.1 Å². The lowest BCUT2D eigenvalue weighted by molar-refractivity contribution is -0.138. The Balaban J connectivity index is 1.51. The van der Waals surface area contributed by atoms with Gasteiger partial charge in [-0.2, -0.15) is 0 Å². The Hall–Kier alpha value is -3.10. The molecule has 0 bridgehead atoms. The van der Waals surface area contributed by atoms with Crippen LogP contribution in [0.4, 0.5) is 10.5 Å². The van der Waals surface area contributed by atoms with Gasteiger partial charge < -0.3 is 14.6 Å². The van der Waals surface area contributed by atoms with E-state index in [-0.39, 0.29) is 24.9 Å². The molecule has 2 aliphatic rings. The number of likely N-dealkylation sites (tertiary alicyclic amines) is 2. The van der Waals surface area contributed by atoms with E-state index in [2.05, 4.69) is 5.32 Å². The molecule has 0 radical (unpaired) electrons. The number of amides is 4. The van der Waals surface area contributed by atoms with Gasteiger partial charge in [0.2, 0.25) is 11.8 Å². The number of urea groups is 1. The number of nitrogens with one attached hydrogen (secondary N) is 1. The Kier molecular flexibility index (Phi) is 3.21. The Morgan fingerprint density at radius 2 is 1.76 bits per heavy atom. The molecule has 0 saturated carbocycles. The maximum Gasteiger partial charge on any atom is 0.419 e. The summed E-state index contributed by atoms with van der Waals surface area (Å²) in [5, 5.41) is 2.71. The minimum absolute atomic E-state index is 0.216. The number of hydrogen-bond donors (Lipinski definition) is 1. The van der Waals surface area contributed by atoms with Crippen molar-refractivity contribution in [2.75, 3.05) is 25.5 Å². The SMILES string of the molecule is CN1C(=O)[C@H]2CN(C(=O)Nc3ccc4c(c3)oc(=O)n4C)C[C@H]2C1=O. The summed E-state index contributed by atoms with van der Waals surface area (Å²) >= 11 is 0. The molecule has 0 aliphatic carbocycles. The van der Waals surface area contributed by atoms with Crippen LogP contribution in [-0.4, -0.2) is 52.3 Å². The van der Waals surface area contributed by atoms with E-state index in [1.165, 1.54) is 16.5 Å². The average Bonchev–Trinajstić information content (AvgIpc) is 3.20. The van der Waals surface area contributed by atoms with Gasteiger partial charge in [0.05, 0.1) is 17.4 Å². The van der Waals surface area contributed by atoms with Crippen LogP contribution in [0.1, 0.15) is 0 Å². The van der Waals surface area contributed by atoms with Gasteiger partial charge in [-0.15, -0.1) is 0 Å². The fourth-order valence-electron chi connectivity index (χ4n) is 3.49. The number of carbonyl (C=O) groups is 3. The van der Waals surface area contributed by atoms with Crippen LogP contribution in [0, 0.1) is 11.8 Å². The van der Waals surface area contributed by atoms with E-state index in [1.54, 1.807) is 25.2 Å². The number of carbonyl (C=O) groups excluding carboxylic acids is 3. The highest BCUT2D eigenvalue weighted by atomic mass is 16.4. The maximum atomic E-state index is 12.4. The lowest BCUT2D eigenvalue weighted by atomic mass is 10.00. The van der Waals surface area contributed by atoms with Gasteiger partial charge in [0.1, 0.15) is 0 Å². The minimum atomic E-state index is -0.480. The smallest absolute Gasteiger partial charge is 0.408 e. The van der Waals surface area contributed by atoms with Crippen LogP contribution in [-0.2, 0) is 16.6 Å². The zero-order valence-electron chi connectivity index (χ0n) is 13.7. The zero-order chi connectivity index (χ0) is 17.9. The molecule has 25 heavy (non-hydrogen) atoms. The van der Waals surface area contributed by atoms with Crippen LogP contribution >= 0.6 is 0 Å². The number of hydrogen-bond acceptors (Lipinski definition) is 5. The molecule has 2 atom stereocenters. The van der Waals surface area contributed by atoms with Crippen molar-refractivity contribution in [1.29, 1.82) is 0 Å². The number of fused-ring (bicyclic) bond motifs is 2. The van der Waals surface area contributed by atoms with Crippen molar-refractivity contribution < 1.29 is 18.8 Å². The first-order chi connectivity index (χ1) is 11.9. The summed E-state index contributed by atoms with van der Waals surface area (Å²) in [5.74, 6) is -1.88. The summed E-state index contributed by atoms with van der Waals surface area (Å²) in [6, 6.07) is 4.51. The predicted molar refractivity (Wildman–Crippen MR) is 86.8 cm³/mol. The first-order valence-electron chi connectivity index (χ1n) is 7.83. The van der Waals surface area contributed by atoms with Crippen molar-refractivity contribution in [2.45, 2.75) is 0 Å². The minimum Gasteiger partial charge on any atom is -0.408 e.